The Bertz CT molecular complexity index is 950. The number of rotatable bonds is 6. The zero-order valence-electron chi connectivity index (χ0n) is 15.8. The molecular formula is C20H20ClFN2O3S. The number of hydrogen-bond acceptors (Lipinski definition) is 4. The summed E-state index contributed by atoms with van der Waals surface area (Å²) in [7, 11) is 1.65. The Morgan fingerprint density at radius 2 is 2.04 bits per heavy atom. The van der Waals surface area contributed by atoms with Crippen LogP contribution in [0.5, 0.6) is 0 Å². The van der Waals surface area contributed by atoms with Gasteiger partial charge in [0, 0.05) is 35.6 Å². The minimum atomic E-state index is -0.544. The molecule has 0 aliphatic carbocycles. The number of halogens is 2. The average molecular weight is 423 g/mol. The fraction of sp³-hybridized carbons (Fsp3) is 0.300. The fourth-order valence-electron chi connectivity index (χ4n) is 3.12. The lowest BCUT2D eigenvalue weighted by atomic mass is 10.2. The molecule has 0 N–H and O–H groups in total. The first-order valence-corrected chi connectivity index (χ1v) is 9.86. The van der Waals surface area contributed by atoms with Gasteiger partial charge in [0.15, 0.2) is 0 Å². The second kappa shape index (κ2) is 8.51. The first-order valence-electron chi connectivity index (χ1n) is 8.67. The number of carbonyl (C=O) groups excluding carboxylic acids is 2. The molecule has 1 saturated heterocycles. The fourth-order valence-corrected chi connectivity index (χ4v) is 4.17. The number of benzene rings is 1. The van der Waals surface area contributed by atoms with Crippen LogP contribution in [-0.4, -0.2) is 34.3 Å². The molecule has 1 aromatic heterocycles. The van der Waals surface area contributed by atoms with E-state index in [1.54, 1.807) is 13.2 Å². The lowest BCUT2D eigenvalue weighted by molar-refractivity contribution is -0.123. The highest BCUT2D eigenvalue weighted by Crippen LogP contribution is 2.35. The van der Waals surface area contributed by atoms with Crippen molar-refractivity contribution in [2.75, 3.05) is 13.7 Å². The molecule has 5 nitrogen and oxygen atoms in total. The average Bonchev–Trinajstić information content (AvgIpc) is 3.06. The largest absolute Gasteiger partial charge is 0.383 e. The van der Waals surface area contributed by atoms with E-state index >= 15 is 0 Å². The number of amides is 2. The SMILES string of the molecule is COCCn1c(C)cc(/C=C2\SC(=O)N(Cc3c(F)cccc3Cl)C2=O)c1C. The summed E-state index contributed by atoms with van der Waals surface area (Å²) in [5, 5.41) is -0.256. The van der Waals surface area contributed by atoms with Crippen LogP contribution < -0.4 is 0 Å². The highest BCUT2D eigenvalue weighted by molar-refractivity contribution is 8.18. The molecule has 148 valence electrons. The van der Waals surface area contributed by atoms with E-state index in [0.717, 1.165) is 33.6 Å². The number of thioether (sulfide) groups is 1. The first kappa shape index (κ1) is 20.6. The quantitative estimate of drug-likeness (QED) is 0.628. The highest BCUT2D eigenvalue weighted by Gasteiger charge is 2.36. The van der Waals surface area contributed by atoms with E-state index in [2.05, 4.69) is 4.57 Å². The van der Waals surface area contributed by atoms with Crippen molar-refractivity contribution in [3.05, 3.63) is 62.5 Å². The molecule has 1 aliphatic rings. The van der Waals surface area contributed by atoms with Crippen LogP contribution in [0.2, 0.25) is 5.02 Å². The standard InChI is InChI=1S/C20H20ClFN2O3S/c1-12-9-14(13(2)23(12)7-8-27-3)10-18-19(25)24(20(26)28-18)11-15-16(21)5-4-6-17(15)22/h4-6,9-10H,7-8,11H2,1-3H3/b18-10-. The molecule has 2 heterocycles. The van der Waals surface area contributed by atoms with Crippen LogP contribution in [-0.2, 0) is 22.6 Å². The van der Waals surface area contributed by atoms with Crippen molar-refractivity contribution in [2.24, 2.45) is 0 Å². The zero-order valence-corrected chi connectivity index (χ0v) is 17.4. The Morgan fingerprint density at radius 1 is 1.29 bits per heavy atom. The van der Waals surface area contributed by atoms with Gasteiger partial charge >= 0.3 is 0 Å². The third-order valence-electron chi connectivity index (χ3n) is 4.67. The maximum Gasteiger partial charge on any atom is 0.293 e. The molecule has 0 atom stereocenters. The summed E-state index contributed by atoms with van der Waals surface area (Å²) in [4.78, 5) is 26.4. The van der Waals surface area contributed by atoms with Gasteiger partial charge in [0.1, 0.15) is 5.82 Å². The summed E-state index contributed by atoms with van der Waals surface area (Å²) in [6, 6.07) is 6.23. The third-order valence-corrected chi connectivity index (χ3v) is 5.93. The monoisotopic (exact) mass is 422 g/mol. The number of carbonyl (C=O) groups is 2. The van der Waals surface area contributed by atoms with Crippen molar-refractivity contribution >= 4 is 40.6 Å². The molecule has 3 rings (SSSR count). The van der Waals surface area contributed by atoms with E-state index in [4.69, 9.17) is 16.3 Å². The summed E-state index contributed by atoms with van der Waals surface area (Å²) in [6.07, 6.45) is 1.71. The Balaban J connectivity index is 1.86. The van der Waals surface area contributed by atoms with Crippen LogP contribution in [0.1, 0.15) is 22.5 Å². The Morgan fingerprint density at radius 3 is 2.71 bits per heavy atom. The maximum atomic E-state index is 14.0. The van der Waals surface area contributed by atoms with E-state index in [9.17, 15) is 14.0 Å². The number of aromatic nitrogens is 1. The summed E-state index contributed by atoms with van der Waals surface area (Å²) in [6.45, 7) is 5.02. The van der Waals surface area contributed by atoms with Crippen molar-refractivity contribution in [2.45, 2.75) is 26.9 Å². The minimum Gasteiger partial charge on any atom is -0.383 e. The number of methoxy groups -OCH3 is 1. The van der Waals surface area contributed by atoms with E-state index < -0.39 is 17.0 Å². The highest BCUT2D eigenvalue weighted by atomic mass is 35.5. The van der Waals surface area contributed by atoms with Crippen LogP contribution in [0.3, 0.4) is 0 Å². The van der Waals surface area contributed by atoms with Gasteiger partial charge in [0.2, 0.25) is 0 Å². The van der Waals surface area contributed by atoms with Crippen LogP contribution >= 0.6 is 23.4 Å². The van der Waals surface area contributed by atoms with Crippen molar-refractivity contribution in [1.82, 2.24) is 9.47 Å². The molecule has 2 aromatic rings. The molecule has 1 aromatic carbocycles. The molecule has 0 saturated carbocycles. The molecule has 0 radical (unpaired) electrons. The second-order valence-electron chi connectivity index (χ2n) is 6.44. The Labute approximate surface area is 172 Å². The minimum absolute atomic E-state index is 0.130. The van der Waals surface area contributed by atoms with Crippen LogP contribution in [0.25, 0.3) is 6.08 Å². The van der Waals surface area contributed by atoms with Crippen molar-refractivity contribution < 1.29 is 18.7 Å². The number of ether oxygens (including phenoxy) is 1. The van der Waals surface area contributed by atoms with Crippen molar-refractivity contribution in [3.8, 4) is 0 Å². The molecular weight excluding hydrogens is 403 g/mol. The van der Waals surface area contributed by atoms with Gasteiger partial charge in [-0.3, -0.25) is 14.5 Å². The molecule has 1 aliphatic heterocycles. The van der Waals surface area contributed by atoms with Crippen LogP contribution in [0.4, 0.5) is 9.18 Å². The summed E-state index contributed by atoms with van der Waals surface area (Å²) in [5.41, 5.74) is 3.02. The second-order valence-corrected chi connectivity index (χ2v) is 7.84. The molecule has 0 spiro atoms. The third kappa shape index (κ3) is 4.01. The van der Waals surface area contributed by atoms with Crippen molar-refractivity contribution in [1.29, 1.82) is 0 Å². The summed E-state index contributed by atoms with van der Waals surface area (Å²) in [5.74, 6) is -0.992. The van der Waals surface area contributed by atoms with Gasteiger partial charge in [-0.2, -0.15) is 0 Å². The number of imide groups is 1. The molecule has 8 heteroatoms. The van der Waals surface area contributed by atoms with Gasteiger partial charge in [-0.15, -0.1) is 0 Å². The van der Waals surface area contributed by atoms with Gasteiger partial charge in [-0.05, 0) is 55.4 Å². The van der Waals surface area contributed by atoms with E-state index in [1.165, 1.54) is 18.2 Å². The van der Waals surface area contributed by atoms with Gasteiger partial charge < -0.3 is 9.30 Å². The molecule has 2 amide bonds. The van der Waals surface area contributed by atoms with E-state index in [-0.39, 0.29) is 17.1 Å². The van der Waals surface area contributed by atoms with Crippen LogP contribution in [0.15, 0.2) is 29.2 Å². The Kier molecular flexibility index (Phi) is 6.27. The van der Waals surface area contributed by atoms with Gasteiger partial charge in [0.25, 0.3) is 11.1 Å². The summed E-state index contributed by atoms with van der Waals surface area (Å²) < 4.78 is 21.3. The molecule has 1 fully saturated rings. The Hall–Kier alpha value is -2.09. The number of aryl methyl sites for hydroxylation is 1. The van der Waals surface area contributed by atoms with Gasteiger partial charge in [0.05, 0.1) is 18.1 Å². The van der Waals surface area contributed by atoms with Gasteiger partial charge in [-0.1, -0.05) is 17.7 Å². The zero-order chi connectivity index (χ0) is 20.4. The summed E-state index contributed by atoms with van der Waals surface area (Å²) >= 11 is 6.88. The molecule has 0 unspecified atom stereocenters. The lowest BCUT2D eigenvalue weighted by Crippen LogP contribution is -2.28. The topological polar surface area (TPSA) is 51.5 Å². The van der Waals surface area contributed by atoms with Crippen LogP contribution in [0, 0.1) is 19.7 Å². The van der Waals surface area contributed by atoms with Crippen molar-refractivity contribution in [3.63, 3.8) is 0 Å². The van der Waals surface area contributed by atoms with E-state index in [1.807, 2.05) is 19.9 Å². The number of hydrogen-bond donors (Lipinski definition) is 0. The smallest absolute Gasteiger partial charge is 0.293 e. The predicted octanol–water partition coefficient (Wildman–Crippen LogP) is 4.78. The van der Waals surface area contributed by atoms with E-state index in [0.29, 0.717) is 18.1 Å². The maximum absolute atomic E-state index is 14.0. The normalized spacial score (nSPS) is 15.9. The predicted molar refractivity (Wildman–Crippen MR) is 109 cm³/mol. The molecule has 28 heavy (non-hydrogen) atoms. The number of nitrogens with zero attached hydrogens (tertiary/aromatic N) is 2. The molecule has 0 bridgehead atoms. The lowest BCUT2D eigenvalue weighted by Gasteiger charge is -2.14. The first-order chi connectivity index (χ1) is 13.3. The van der Waals surface area contributed by atoms with Gasteiger partial charge in [-0.25, -0.2) is 4.39 Å².